The number of allylic oxidation sites excluding steroid dienone is 13. The first-order valence-corrected chi connectivity index (χ1v) is 35.5. The molecule has 0 aromatic carbocycles. The van der Waals surface area contributed by atoms with Crippen LogP contribution < -0.4 is 5.32 Å². The lowest BCUT2D eigenvalue weighted by Gasteiger charge is -2.25. The van der Waals surface area contributed by atoms with E-state index in [1.807, 2.05) is 27.2 Å². The van der Waals surface area contributed by atoms with Crippen LogP contribution in [-0.2, 0) is 18.4 Å². The van der Waals surface area contributed by atoms with Gasteiger partial charge in [-0.3, -0.25) is 13.8 Å². The molecule has 0 saturated heterocycles. The zero-order chi connectivity index (χ0) is 58.4. The summed E-state index contributed by atoms with van der Waals surface area (Å²) in [6, 6.07) is -0.872. The normalized spacial score (nSPS) is 14.2. The van der Waals surface area contributed by atoms with Crippen molar-refractivity contribution in [2.75, 3.05) is 40.9 Å². The molecule has 80 heavy (non-hydrogen) atoms. The Kier molecular flexibility index (Phi) is 59.5. The zero-order valence-electron chi connectivity index (χ0n) is 53.3. The van der Waals surface area contributed by atoms with Crippen molar-refractivity contribution in [3.63, 3.8) is 0 Å². The third-order valence-electron chi connectivity index (χ3n) is 15.1. The monoisotopic (exact) mass is 1140 g/mol. The van der Waals surface area contributed by atoms with Crippen molar-refractivity contribution in [2.24, 2.45) is 0 Å². The van der Waals surface area contributed by atoms with Crippen LogP contribution in [0.15, 0.2) is 85.1 Å². The summed E-state index contributed by atoms with van der Waals surface area (Å²) < 4.78 is 23.8. The van der Waals surface area contributed by atoms with Gasteiger partial charge in [-0.2, -0.15) is 0 Å². The SMILES string of the molecule is CC/C=C\C/C=C\C/C=C\C/C=C\C/C=C\CCCCCCCCCCCCCC(=O)NC(COP(=O)(O)OCC[N+](C)(C)C)C(O)/C=C/CC/C=C/CCCCCCCCCCCCCCCCCCCCCCCCCCC. The van der Waals surface area contributed by atoms with Crippen molar-refractivity contribution in [2.45, 2.75) is 321 Å². The Balaban J connectivity index is 4.14. The van der Waals surface area contributed by atoms with Gasteiger partial charge in [0, 0.05) is 6.42 Å². The number of amides is 1. The molecule has 0 saturated carbocycles. The van der Waals surface area contributed by atoms with Gasteiger partial charge in [0.2, 0.25) is 5.91 Å². The molecule has 0 aliphatic rings. The minimum atomic E-state index is -4.37. The molecule has 3 N–H and O–H groups in total. The van der Waals surface area contributed by atoms with Crippen LogP contribution in [-0.4, -0.2) is 73.4 Å². The van der Waals surface area contributed by atoms with Crippen molar-refractivity contribution in [1.82, 2.24) is 5.32 Å². The van der Waals surface area contributed by atoms with E-state index in [0.717, 1.165) is 70.6 Å². The summed E-state index contributed by atoms with van der Waals surface area (Å²) in [6.07, 6.45) is 87.3. The quantitative estimate of drug-likeness (QED) is 0.0243. The van der Waals surface area contributed by atoms with E-state index in [0.29, 0.717) is 17.4 Å². The molecule has 3 atom stereocenters. The molecule has 0 spiro atoms. The molecule has 0 aliphatic carbocycles. The van der Waals surface area contributed by atoms with Crippen LogP contribution >= 0.6 is 7.82 Å². The van der Waals surface area contributed by atoms with Crippen LogP contribution in [0.4, 0.5) is 0 Å². The Labute approximate surface area is 497 Å². The highest BCUT2D eigenvalue weighted by atomic mass is 31.2. The van der Waals surface area contributed by atoms with Gasteiger partial charge in [-0.15, -0.1) is 0 Å². The Morgan fingerprint density at radius 2 is 0.762 bits per heavy atom. The van der Waals surface area contributed by atoms with E-state index in [1.54, 1.807) is 6.08 Å². The summed E-state index contributed by atoms with van der Waals surface area (Å²) in [5.74, 6) is -0.190. The average molecular weight is 1140 g/mol. The van der Waals surface area contributed by atoms with Gasteiger partial charge in [0.25, 0.3) is 0 Å². The smallest absolute Gasteiger partial charge is 0.387 e. The fourth-order valence-corrected chi connectivity index (χ4v) is 10.6. The highest BCUT2D eigenvalue weighted by Crippen LogP contribution is 2.43. The maximum absolute atomic E-state index is 13.0. The molecule has 9 heteroatoms. The lowest BCUT2D eigenvalue weighted by atomic mass is 10.0. The molecule has 0 heterocycles. The number of phosphoric acid groups is 1. The fraction of sp³-hybridized carbons (Fsp3) is 0.789. The number of carbonyl (C=O) groups excluding carboxylic acids is 1. The number of hydrogen-bond donors (Lipinski definition) is 3. The van der Waals surface area contributed by atoms with Crippen molar-refractivity contribution >= 4 is 13.7 Å². The number of hydrogen-bond acceptors (Lipinski definition) is 5. The molecule has 0 rings (SSSR count). The molecule has 0 bridgehead atoms. The van der Waals surface area contributed by atoms with Crippen molar-refractivity contribution < 1.29 is 32.9 Å². The molecule has 0 radical (unpaired) electrons. The summed E-state index contributed by atoms with van der Waals surface area (Å²) >= 11 is 0. The highest BCUT2D eigenvalue weighted by Gasteiger charge is 2.28. The van der Waals surface area contributed by atoms with Gasteiger partial charge in [0.1, 0.15) is 13.2 Å². The molecule has 0 fully saturated rings. The largest absolute Gasteiger partial charge is 0.472 e. The van der Waals surface area contributed by atoms with Crippen LogP contribution in [0.3, 0.4) is 0 Å². The molecule has 466 valence electrons. The zero-order valence-corrected chi connectivity index (χ0v) is 54.2. The van der Waals surface area contributed by atoms with Gasteiger partial charge in [-0.25, -0.2) is 4.57 Å². The Morgan fingerprint density at radius 1 is 0.438 bits per heavy atom. The fourth-order valence-electron chi connectivity index (χ4n) is 9.85. The van der Waals surface area contributed by atoms with Crippen LogP contribution in [0.2, 0.25) is 0 Å². The van der Waals surface area contributed by atoms with Gasteiger partial charge in [0.15, 0.2) is 0 Å². The van der Waals surface area contributed by atoms with Gasteiger partial charge < -0.3 is 19.8 Å². The number of aliphatic hydroxyl groups is 1. The van der Waals surface area contributed by atoms with E-state index >= 15 is 0 Å². The van der Waals surface area contributed by atoms with E-state index in [1.165, 1.54) is 218 Å². The van der Waals surface area contributed by atoms with Crippen LogP contribution in [0, 0.1) is 0 Å². The molecule has 3 unspecified atom stereocenters. The lowest BCUT2D eigenvalue weighted by molar-refractivity contribution is -0.870. The molecular formula is C71H132N2O6P+. The third-order valence-corrected chi connectivity index (χ3v) is 16.1. The molecule has 0 aromatic heterocycles. The van der Waals surface area contributed by atoms with Gasteiger partial charge in [0.05, 0.1) is 39.9 Å². The highest BCUT2D eigenvalue weighted by molar-refractivity contribution is 7.47. The molecular weight excluding hydrogens is 1010 g/mol. The summed E-state index contributed by atoms with van der Waals surface area (Å²) in [5.41, 5.74) is 0. The predicted octanol–water partition coefficient (Wildman–Crippen LogP) is 21.5. The number of rotatable bonds is 62. The predicted molar refractivity (Wildman–Crippen MR) is 350 cm³/mol. The summed E-state index contributed by atoms with van der Waals surface area (Å²) in [6.45, 7) is 4.71. The van der Waals surface area contributed by atoms with Crippen LogP contribution in [0.25, 0.3) is 0 Å². The first-order valence-electron chi connectivity index (χ1n) is 34.0. The number of likely N-dealkylation sites (N-methyl/N-ethyl adjacent to an activating group) is 1. The van der Waals surface area contributed by atoms with Gasteiger partial charge in [-0.05, 0) is 77.0 Å². The number of quaternary nitrogens is 1. The van der Waals surface area contributed by atoms with E-state index in [9.17, 15) is 19.4 Å². The topological polar surface area (TPSA) is 105 Å². The lowest BCUT2D eigenvalue weighted by Crippen LogP contribution is -2.45. The van der Waals surface area contributed by atoms with E-state index in [-0.39, 0.29) is 19.1 Å². The van der Waals surface area contributed by atoms with E-state index in [2.05, 4.69) is 92.1 Å². The van der Waals surface area contributed by atoms with E-state index < -0.39 is 20.0 Å². The molecule has 0 aliphatic heterocycles. The molecule has 8 nitrogen and oxygen atoms in total. The number of nitrogens with one attached hydrogen (secondary N) is 1. The molecule has 1 amide bonds. The van der Waals surface area contributed by atoms with E-state index in [4.69, 9.17) is 9.05 Å². The second kappa shape index (κ2) is 61.2. The average Bonchev–Trinajstić information content (AvgIpc) is 3.42. The minimum absolute atomic E-state index is 0.0525. The second-order valence-corrected chi connectivity index (χ2v) is 25.6. The molecule has 0 aromatic rings. The number of unbranched alkanes of at least 4 members (excludes halogenated alkanes) is 37. The maximum Gasteiger partial charge on any atom is 0.472 e. The Hall–Kier alpha value is -2.32. The summed E-state index contributed by atoms with van der Waals surface area (Å²) in [7, 11) is 1.55. The van der Waals surface area contributed by atoms with Crippen LogP contribution in [0.1, 0.15) is 309 Å². The summed E-state index contributed by atoms with van der Waals surface area (Å²) in [4.78, 5) is 23.4. The van der Waals surface area contributed by atoms with Crippen molar-refractivity contribution in [1.29, 1.82) is 0 Å². The number of phosphoric ester groups is 1. The maximum atomic E-state index is 13.0. The number of aliphatic hydroxyl groups excluding tert-OH is 1. The first-order chi connectivity index (χ1) is 39.0. The van der Waals surface area contributed by atoms with Gasteiger partial charge in [-0.1, -0.05) is 311 Å². The third kappa shape index (κ3) is 63.3. The Morgan fingerprint density at radius 3 is 1.15 bits per heavy atom. The van der Waals surface area contributed by atoms with Gasteiger partial charge >= 0.3 is 7.82 Å². The second-order valence-electron chi connectivity index (χ2n) is 24.2. The van der Waals surface area contributed by atoms with Crippen LogP contribution in [0.5, 0.6) is 0 Å². The Bertz CT molecular complexity index is 1580. The number of nitrogens with zero attached hydrogens (tertiary/aromatic N) is 1. The van der Waals surface area contributed by atoms with Crippen molar-refractivity contribution in [3.8, 4) is 0 Å². The number of carbonyl (C=O) groups is 1. The first kappa shape index (κ1) is 77.7. The minimum Gasteiger partial charge on any atom is -0.387 e. The van der Waals surface area contributed by atoms with Crippen molar-refractivity contribution in [3.05, 3.63) is 85.1 Å². The summed E-state index contributed by atoms with van der Waals surface area (Å²) in [5, 5.41) is 14.0. The standard InChI is InChI=1S/C71H131N2O6P/c1-6-8-10-12-14-16-18-20-22-24-26-28-30-32-34-35-36-37-39-40-42-44-46-48-50-52-54-56-58-60-62-64-70(74)69(68-79-80(76,77)78-67-66-73(3,4)5)72-71(75)65-63-61-59-57-55-53-51-49-47-45-43-41-38-33-31-29-27-25-23-21-19-17-15-13-11-9-7-2/h9,11,15,17,21,23,27,29,33,38,54,56,62,64,69-70,74H,6-8,10,12-14,16,18-20,22,24-26,28,30-32,34-37,39-53,55,57-61,63,65-68H2,1-5H3,(H-,72,75,76,77)/p+1/b11-9-,17-15-,23-21-,29-27-,38-33-,56-54+,64-62+.